The van der Waals surface area contributed by atoms with E-state index in [2.05, 4.69) is 10.6 Å². The normalized spacial score (nSPS) is 22.5. The van der Waals surface area contributed by atoms with Gasteiger partial charge in [0.1, 0.15) is 11.6 Å². The zero-order valence-electron chi connectivity index (χ0n) is 13.3. The molecule has 122 valence electrons. The fourth-order valence-corrected chi connectivity index (χ4v) is 2.88. The van der Waals surface area contributed by atoms with Crippen LogP contribution in [0.4, 0.5) is 14.5 Å². The van der Waals surface area contributed by atoms with Crippen molar-refractivity contribution in [3.63, 3.8) is 0 Å². The first-order chi connectivity index (χ1) is 10.1. The van der Waals surface area contributed by atoms with Crippen molar-refractivity contribution in [1.29, 1.82) is 0 Å². The minimum Gasteiger partial charge on any atom is -0.368 e. The molecule has 4 nitrogen and oxygen atoms in total. The zero-order valence-corrected chi connectivity index (χ0v) is 13.3. The summed E-state index contributed by atoms with van der Waals surface area (Å²) in [5.74, 6) is -1.69. The number of hydrogen-bond acceptors (Lipinski definition) is 3. The quantitative estimate of drug-likeness (QED) is 0.899. The van der Waals surface area contributed by atoms with Crippen molar-refractivity contribution in [3.05, 3.63) is 29.8 Å². The van der Waals surface area contributed by atoms with Crippen LogP contribution in [0, 0.1) is 11.6 Å². The Morgan fingerprint density at radius 3 is 2.59 bits per heavy atom. The molecule has 1 amide bonds. The Bertz CT molecular complexity index is 573. The number of hydrogen-bond donors (Lipinski definition) is 2. The minimum absolute atomic E-state index is 0.00346. The molecule has 1 aromatic rings. The van der Waals surface area contributed by atoms with Gasteiger partial charge in [-0.15, -0.1) is 0 Å². The number of halogens is 2. The Hall–Kier alpha value is -1.53. The molecule has 0 aliphatic carbocycles. The summed E-state index contributed by atoms with van der Waals surface area (Å²) in [7, 11) is 0. The fourth-order valence-electron chi connectivity index (χ4n) is 2.88. The van der Waals surface area contributed by atoms with Crippen LogP contribution in [-0.2, 0) is 9.53 Å². The van der Waals surface area contributed by atoms with Crippen molar-refractivity contribution in [1.82, 2.24) is 5.32 Å². The highest BCUT2D eigenvalue weighted by atomic mass is 19.1. The van der Waals surface area contributed by atoms with Crippen LogP contribution < -0.4 is 10.6 Å². The maximum atomic E-state index is 13.5. The third-order valence-electron chi connectivity index (χ3n) is 3.79. The van der Waals surface area contributed by atoms with E-state index in [0.717, 1.165) is 24.6 Å². The van der Waals surface area contributed by atoms with Gasteiger partial charge in [0.25, 0.3) is 0 Å². The van der Waals surface area contributed by atoms with Crippen molar-refractivity contribution in [2.75, 3.05) is 11.9 Å². The third kappa shape index (κ3) is 4.01. The molecule has 0 saturated carbocycles. The molecule has 0 aromatic heterocycles. The van der Waals surface area contributed by atoms with E-state index < -0.39 is 23.1 Å². The van der Waals surface area contributed by atoms with Crippen LogP contribution in [0.3, 0.4) is 0 Å². The Morgan fingerprint density at radius 1 is 1.32 bits per heavy atom. The van der Waals surface area contributed by atoms with Crippen molar-refractivity contribution in [2.24, 2.45) is 0 Å². The smallest absolute Gasteiger partial charge is 0.238 e. The summed E-state index contributed by atoms with van der Waals surface area (Å²) in [6, 6.07) is 2.95. The molecule has 2 N–H and O–H groups in total. The van der Waals surface area contributed by atoms with Crippen LogP contribution in [0.2, 0.25) is 0 Å². The molecule has 1 fully saturated rings. The average Bonchev–Trinajstić information content (AvgIpc) is 2.59. The highest BCUT2D eigenvalue weighted by molar-refractivity contribution is 5.92. The molecule has 1 atom stereocenters. The van der Waals surface area contributed by atoms with Gasteiger partial charge in [0.15, 0.2) is 0 Å². The van der Waals surface area contributed by atoms with E-state index in [1.54, 1.807) is 0 Å². The number of carbonyl (C=O) groups is 1. The molecule has 6 heteroatoms. The van der Waals surface area contributed by atoms with E-state index in [4.69, 9.17) is 4.74 Å². The SMILES string of the molecule is CC1(C)C[C@H](NCC(=O)Nc2cc(F)ccc2F)C(C)(C)O1. The summed E-state index contributed by atoms with van der Waals surface area (Å²) in [6.45, 7) is 7.92. The maximum Gasteiger partial charge on any atom is 0.238 e. The van der Waals surface area contributed by atoms with E-state index >= 15 is 0 Å². The lowest BCUT2D eigenvalue weighted by Crippen LogP contribution is -2.46. The lowest BCUT2D eigenvalue weighted by Gasteiger charge is -2.27. The van der Waals surface area contributed by atoms with Crippen LogP contribution in [0.5, 0.6) is 0 Å². The van der Waals surface area contributed by atoms with Gasteiger partial charge in [0, 0.05) is 12.1 Å². The molecular formula is C16H22F2N2O2. The molecule has 1 heterocycles. The van der Waals surface area contributed by atoms with Gasteiger partial charge in [-0.05, 0) is 46.2 Å². The van der Waals surface area contributed by atoms with Crippen LogP contribution in [0.1, 0.15) is 34.1 Å². The van der Waals surface area contributed by atoms with E-state index in [9.17, 15) is 13.6 Å². The molecular weight excluding hydrogens is 290 g/mol. The predicted octanol–water partition coefficient (Wildman–Crippen LogP) is 2.84. The van der Waals surface area contributed by atoms with Crippen LogP contribution >= 0.6 is 0 Å². The van der Waals surface area contributed by atoms with Gasteiger partial charge in [-0.1, -0.05) is 0 Å². The summed E-state index contributed by atoms with van der Waals surface area (Å²) >= 11 is 0. The second kappa shape index (κ2) is 5.93. The number of carbonyl (C=O) groups excluding carboxylic acids is 1. The van der Waals surface area contributed by atoms with Gasteiger partial charge < -0.3 is 15.4 Å². The molecule has 1 aliphatic heterocycles. The van der Waals surface area contributed by atoms with Gasteiger partial charge in [0.2, 0.25) is 5.91 Å². The van der Waals surface area contributed by atoms with Gasteiger partial charge in [0.05, 0.1) is 23.4 Å². The van der Waals surface area contributed by atoms with Gasteiger partial charge >= 0.3 is 0 Å². The van der Waals surface area contributed by atoms with Crippen LogP contribution in [0.25, 0.3) is 0 Å². The summed E-state index contributed by atoms with van der Waals surface area (Å²) in [6.07, 6.45) is 0.765. The minimum atomic E-state index is -0.666. The standard InChI is InChI=1S/C16H22F2N2O2/c1-15(2)8-13(16(3,4)22-15)19-9-14(21)20-12-7-10(17)5-6-11(12)18/h5-7,13,19H,8-9H2,1-4H3,(H,20,21)/t13-/m0/s1. The Morgan fingerprint density at radius 2 is 2.00 bits per heavy atom. The predicted molar refractivity (Wildman–Crippen MR) is 80.6 cm³/mol. The number of rotatable bonds is 4. The second-order valence-electron chi connectivity index (χ2n) is 6.78. The molecule has 0 bridgehead atoms. The van der Waals surface area contributed by atoms with Crippen molar-refractivity contribution >= 4 is 11.6 Å². The Labute approximate surface area is 129 Å². The second-order valence-corrected chi connectivity index (χ2v) is 6.78. The first-order valence-corrected chi connectivity index (χ1v) is 7.27. The number of anilines is 1. The fraction of sp³-hybridized carbons (Fsp3) is 0.562. The van der Waals surface area contributed by atoms with Crippen molar-refractivity contribution in [3.8, 4) is 0 Å². The summed E-state index contributed by atoms with van der Waals surface area (Å²) in [5, 5.41) is 5.49. The number of nitrogens with one attached hydrogen (secondary N) is 2. The first kappa shape index (κ1) is 16.8. The molecule has 0 spiro atoms. The van der Waals surface area contributed by atoms with Crippen molar-refractivity contribution in [2.45, 2.75) is 51.4 Å². The summed E-state index contributed by atoms with van der Waals surface area (Å²) in [4.78, 5) is 11.9. The molecule has 2 rings (SSSR count). The maximum absolute atomic E-state index is 13.5. The van der Waals surface area contributed by atoms with E-state index in [1.165, 1.54) is 0 Å². The number of amides is 1. The van der Waals surface area contributed by atoms with E-state index in [1.807, 2.05) is 27.7 Å². The van der Waals surface area contributed by atoms with E-state index in [-0.39, 0.29) is 23.9 Å². The van der Waals surface area contributed by atoms with E-state index in [0.29, 0.717) is 0 Å². The van der Waals surface area contributed by atoms with Crippen molar-refractivity contribution < 1.29 is 18.3 Å². The highest BCUT2D eigenvalue weighted by Gasteiger charge is 2.45. The molecule has 1 saturated heterocycles. The molecule has 1 aliphatic rings. The Kier molecular flexibility index (Phi) is 4.54. The summed E-state index contributed by atoms with van der Waals surface area (Å²) in [5.41, 5.74) is -0.811. The van der Waals surface area contributed by atoms with Gasteiger partial charge in [-0.2, -0.15) is 0 Å². The highest BCUT2D eigenvalue weighted by Crippen LogP contribution is 2.37. The number of benzene rings is 1. The van der Waals surface area contributed by atoms with Crippen LogP contribution in [-0.4, -0.2) is 29.7 Å². The monoisotopic (exact) mass is 312 g/mol. The summed E-state index contributed by atoms with van der Waals surface area (Å²) < 4.78 is 32.5. The molecule has 0 radical (unpaired) electrons. The van der Waals surface area contributed by atoms with Gasteiger partial charge in [-0.3, -0.25) is 4.79 Å². The largest absolute Gasteiger partial charge is 0.368 e. The van der Waals surface area contributed by atoms with Crippen LogP contribution in [0.15, 0.2) is 18.2 Å². The lowest BCUT2D eigenvalue weighted by atomic mass is 9.94. The molecule has 1 aromatic carbocycles. The third-order valence-corrected chi connectivity index (χ3v) is 3.79. The molecule has 22 heavy (non-hydrogen) atoms. The molecule has 0 unspecified atom stereocenters. The lowest BCUT2D eigenvalue weighted by molar-refractivity contribution is -0.115. The average molecular weight is 312 g/mol. The van der Waals surface area contributed by atoms with Gasteiger partial charge in [-0.25, -0.2) is 8.78 Å². The topological polar surface area (TPSA) is 50.4 Å². The first-order valence-electron chi connectivity index (χ1n) is 7.27. The Balaban J connectivity index is 1.92. The zero-order chi connectivity index (χ0) is 16.5. The number of ether oxygens (including phenoxy) is 1.